The van der Waals surface area contributed by atoms with Gasteiger partial charge in [0.05, 0.1) is 7.11 Å². The molecule has 0 aliphatic carbocycles. The van der Waals surface area contributed by atoms with E-state index in [1.165, 1.54) is 48.2 Å². The van der Waals surface area contributed by atoms with Gasteiger partial charge in [0.25, 0.3) is 0 Å². The summed E-state index contributed by atoms with van der Waals surface area (Å²) in [5.41, 5.74) is 6.08. The van der Waals surface area contributed by atoms with E-state index in [0.717, 1.165) is 30.7 Å². The lowest BCUT2D eigenvalue weighted by molar-refractivity contribution is -0.134. The zero-order valence-corrected chi connectivity index (χ0v) is 19.5. The van der Waals surface area contributed by atoms with E-state index in [-0.39, 0.29) is 11.4 Å². The smallest absolute Gasteiger partial charge is 0.330 e. The minimum atomic E-state index is -0.335. The fourth-order valence-corrected chi connectivity index (χ4v) is 4.77. The molecule has 1 atom stereocenters. The molecule has 5 nitrogen and oxygen atoms in total. The maximum Gasteiger partial charge on any atom is 0.330 e. The fourth-order valence-electron chi connectivity index (χ4n) is 4.77. The first kappa shape index (κ1) is 22.3. The van der Waals surface area contributed by atoms with Crippen LogP contribution in [0.25, 0.3) is 17.1 Å². The summed E-state index contributed by atoms with van der Waals surface area (Å²) in [6.45, 7) is 8.93. The van der Waals surface area contributed by atoms with Gasteiger partial charge in [-0.25, -0.2) is 9.78 Å². The first-order valence-corrected chi connectivity index (χ1v) is 11.4. The first-order valence-electron chi connectivity index (χ1n) is 11.4. The number of rotatable bonds is 6. The van der Waals surface area contributed by atoms with Gasteiger partial charge in [0.15, 0.2) is 0 Å². The Labute approximate surface area is 190 Å². The number of pyridine rings is 1. The molecule has 1 saturated heterocycles. The number of carbonyl (C=O) groups excluding carboxylic acids is 1. The number of esters is 1. The van der Waals surface area contributed by atoms with Gasteiger partial charge in [0.1, 0.15) is 5.65 Å². The quantitative estimate of drug-likeness (QED) is 0.418. The van der Waals surface area contributed by atoms with E-state index in [1.54, 1.807) is 6.08 Å². The Morgan fingerprint density at radius 1 is 1.25 bits per heavy atom. The van der Waals surface area contributed by atoms with Gasteiger partial charge in [-0.05, 0) is 60.7 Å². The van der Waals surface area contributed by atoms with Gasteiger partial charge in [0.2, 0.25) is 0 Å². The molecule has 0 amide bonds. The number of aromatic amines is 1. The predicted octanol–water partition coefficient (Wildman–Crippen LogP) is 5.43. The van der Waals surface area contributed by atoms with Crippen LogP contribution in [0, 0.1) is 0 Å². The molecule has 1 aliphatic heterocycles. The summed E-state index contributed by atoms with van der Waals surface area (Å²) in [6.07, 6.45) is 8.51. The van der Waals surface area contributed by atoms with Crippen molar-refractivity contribution in [3.63, 3.8) is 0 Å². The molecule has 5 heteroatoms. The van der Waals surface area contributed by atoms with Crippen molar-refractivity contribution in [2.75, 3.05) is 20.2 Å². The number of carbonyl (C=O) groups is 1. The van der Waals surface area contributed by atoms with Crippen molar-refractivity contribution >= 4 is 23.1 Å². The van der Waals surface area contributed by atoms with Crippen molar-refractivity contribution < 1.29 is 9.53 Å². The maximum atomic E-state index is 11.3. The van der Waals surface area contributed by atoms with E-state index in [2.05, 4.69) is 70.7 Å². The largest absolute Gasteiger partial charge is 0.466 e. The molecule has 0 radical (unpaired) electrons. The number of nitrogens with zero attached hydrogens (tertiary/aromatic N) is 2. The third-order valence-corrected chi connectivity index (χ3v) is 6.37. The molecule has 3 aromatic rings. The Morgan fingerprint density at radius 3 is 2.75 bits per heavy atom. The van der Waals surface area contributed by atoms with Crippen LogP contribution in [0.3, 0.4) is 0 Å². The van der Waals surface area contributed by atoms with Crippen LogP contribution in [-0.4, -0.2) is 41.0 Å². The number of nitrogens with one attached hydrogen (secondary N) is 1. The van der Waals surface area contributed by atoms with Crippen LogP contribution in [0.5, 0.6) is 0 Å². The third-order valence-electron chi connectivity index (χ3n) is 6.37. The molecule has 1 unspecified atom stereocenters. The first-order chi connectivity index (χ1) is 15.4. The highest BCUT2D eigenvalue weighted by Crippen LogP contribution is 2.34. The third kappa shape index (κ3) is 4.78. The SMILES string of the molecule is COC(=O)C=Cc1ccc(C2CCCN2CCc2c(C(C)(C)C)[nH]c3ncccc23)cc1. The molecule has 3 heterocycles. The molecule has 1 aromatic carbocycles. The van der Waals surface area contributed by atoms with Crippen LogP contribution in [0.1, 0.15) is 62.0 Å². The lowest BCUT2D eigenvalue weighted by atomic mass is 9.88. The summed E-state index contributed by atoms with van der Waals surface area (Å²) in [6, 6.07) is 13.2. The number of fused-ring (bicyclic) bond motifs is 1. The van der Waals surface area contributed by atoms with Gasteiger partial charge in [-0.2, -0.15) is 0 Å². The lowest BCUT2D eigenvalue weighted by Crippen LogP contribution is -2.26. The number of H-pyrrole nitrogens is 1. The molecule has 1 fully saturated rings. The minimum Gasteiger partial charge on any atom is -0.466 e. The highest BCUT2D eigenvalue weighted by Gasteiger charge is 2.28. The maximum absolute atomic E-state index is 11.3. The molecular weight excluding hydrogens is 398 g/mol. The van der Waals surface area contributed by atoms with Gasteiger partial charge in [0, 0.05) is 41.4 Å². The van der Waals surface area contributed by atoms with Gasteiger partial charge in [-0.1, -0.05) is 45.0 Å². The van der Waals surface area contributed by atoms with Crippen LogP contribution in [0.2, 0.25) is 0 Å². The fraction of sp³-hybridized carbons (Fsp3) is 0.407. The minimum absolute atomic E-state index is 0.0496. The summed E-state index contributed by atoms with van der Waals surface area (Å²) in [4.78, 5) is 22.1. The second-order valence-corrected chi connectivity index (χ2v) is 9.60. The summed E-state index contributed by atoms with van der Waals surface area (Å²) in [5.74, 6) is -0.335. The van der Waals surface area contributed by atoms with Crippen molar-refractivity contribution in [2.45, 2.75) is 51.5 Å². The predicted molar refractivity (Wildman–Crippen MR) is 130 cm³/mol. The monoisotopic (exact) mass is 431 g/mol. The van der Waals surface area contributed by atoms with Crippen molar-refractivity contribution in [1.82, 2.24) is 14.9 Å². The number of hydrogen-bond donors (Lipinski definition) is 1. The van der Waals surface area contributed by atoms with E-state index in [9.17, 15) is 4.79 Å². The van der Waals surface area contributed by atoms with E-state index in [1.807, 2.05) is 12.3 Å². The zero-order valence-electron chi connectivity index (χ0n) is 19.5. The van der Waals surface area contributed by atoms with Crippen molar-refractivity contribution in [3.05, 3.63) is 71.1 Å². The Hall–Kier alpha value is -2.92. The number of benzene rings is 1. The average Bonchev–Trinajstić information content (AvgIpc) is 3.40. The second kappa shape index (κ2) is 9.29. The molecule has 1 N–H and O–H groups in total. The van der Waals surface area contributed by atoms with Crippen LogP contribution in [0.4, 0.5) is 0 Å². The number of hydrogen-bond acceptors (Lipinski definition) is 4. The van der Waals surface area contributed by atoms with Crippen LogP contribution >= 0.6 is 0 Å². The Balaban J connectivity index is 1.50. The molecule has 4 rings (SSSR count). The van der Waals surface area contributed by atoms with E-state index in [0.29, 0.717) is 6.04 Å². The summed E-state index contributed by atoms with van der Waals surface area (Å²) < 4.78 is 4.67. The molecule has 32 heavy (non-hydrogen) atoms. The van der Waals surface area contributed by atoms with E-state index < -0.39 is 0 Å². The van der Waals surface area contributed by atoms with Crippen LogP contribution in [0.15, 0.2) is 48.7 Å². The summed E-state index contributed by atoms with van der Waals surface area (Å²) >= 11 is 0. The molecule has 0 bridgehead atoms. The standard InChI is InChI=1S/C27H33N3O2/c1-27(2,3)25-21(22-7-5-16-28-26(22)29-25)15-18-30-17-6-8-23(30)20-12-9-19(10-13-20)11-14-24(31)32-4/h5,7,9-14,16,23H,6,8,15,17-18H2,1-4H3,(H,28,29). The summed E-state index contributed by atoms with van der Waals surface area (Å²) in [7, 11) is 1.39. The molecular formula is C27H33N3O2. The summed E-state index contributed by atoms with van der Waals surface area (Å²) in [5, 5.41) is 1.25. The number of aromatic nitrogens is 2. The molecule has 0 saturated carbocycles. The van der Waals surface area contributed by atoms with Crippen molar-refractivity contribution in [2.24, 2.45) is 0 Å². The number of ether oxygens (including phenoxy) is 1. The van der Waals surface area contributed by atoms with Gasteiger partial charge >= 0.3 is 5.97 Å². The van der Waals surface area contributed by atoms with Crippen LogP contribution in [-0.2, 0) is 21.4 Å². The Bertz CT molecular complexity index is 1110. The number of methoxy groups -OCH3 is 1. The second-order valence-electron chi connectivity index (χ2n) is 9.60. The zero-order chi connectivity index (χ0) is 22.7. The Kier molecular flexibility index (Phi) is 6.47. The molecule has 1 aliphatic rings. The topological polar surface area (TPSA) is 58.2 Å². The van der Waals surface area contributed by atoms with Gasteiger partial charge in [-0.15, -0.1) is 0 Å². The van der Waals surface area contributed by atoms with Crippen LogP contribution < -0.4 is 0 Å². The Morgan fingerprint density at radius 2 is 2.03 bits per heavy atom. The molecule has 168 valence electrons. The van der Waals surface area contributed by atoms with E-state index in [4.69, 9.17) is 0 Å². The average molecular weight is 432 g/mol. The molecule has 2 aromatic heterocycles. The highest BCUT2D eigenvalue weighted by molar-refractivity contribution is 5.86. The van der Waals surface area contributed by atoms with Gasteiger partial charge in [-0.3, -0.25) is 4.90 Å². The van der Waals surface area contributed by atoms with Crippen molar-refractivity contribution in [3.8, 4) is 0 Å². The lowest BCUT2D eigenvalue weighted by Gasteiger charge is -2.26. The molecule has 0 spiro atoms. The number of likely N-dealkylation sites (tertiary alicyclic amines) is 1. The van der Waals surface area contributed by atoms with E-state index >= 15 is 0 Å². The van der Waals surface area contributed by atoms with Gasteiger partial charge < -0.3 is 9.72 Å². The highest BCUT2D eigenvalue weighted by atomic mass is 16.5. The van der Waals surface area contributed by atoms with Crippen molar-refractivity contribution in [1.29, 1.82) is 0 Å². The normalized spacial score (nSPS) is 17.4.